The molecule has 0 atom stereocenters. The third kappa shape index (κ3) is 55.7. The van der Waals surface area contributed by atoms with E-state index in [0.29, 0.717) is 0 Å². The first-order valence-corrected chi connectivity index (χ1v) is 28.0. The normalized spacial score (nSPS) is 11.6. The fourth-order valence-electron chi connectivity index (χ4n) is 9.38. The second-order valence-corrected chi connectivity index (χ2v) is 19.5. The van der Waals surface area contributed by atoms with Crippen LogP contribution in [0.5, 0.6) is 0 Å². The highest BCUT2D eigenvalue weighted by Crippen LogP contribution is 2.19. The summed E-state index contributed by atoms with van der Waals surface area (Å²) < 4.78 is 0. The van der Waals surface area contributed by atoms with Crippen molar-refractivity contribution in [3.63, 3.8) is 0 Å². The third-order valence-electron chi connectivity index (χ3n) is 13.5. The Morgan fingerprint density at radius 1 is 0.175 bits per heavy atom. The lowest BCUT2D eigenvalue weighted by Gasteiger charge is -2.05. The second-order valence-electron chi connectivity index (χ2n) is 19.5. The summed E-state index contributed by atoms with van der Waals surface area (Å²) in [7, 11) is 0. The molecule has 0 radical (unpaired) electrons. The molecular weight excluding hydrogens is 685 g/mol. The van der Waals surface area contributed by atoms with Crippen molar-refractivity contribution in [1.29, 1.82) is 0 Å². The summed E-state index contributed by atoms with van der Waals surface area (Å²) in [4.78, 5) is 0. The van der Waals surface area contributed by atoms with Gasteiger partial charge in [0.1, 0.15) is 0 Å². The molecule has 0 heteroatoms. The molecule has 0 aliphatic heterocycles. The van der Waals surface area contributed by atoms with Gasteiger partial charge >= 0.3 is 0 Å². The Bertz CT molecular complexity index is 663. The smallest absolute Gasteiger partial charge is 0.0353 e. The van der Waals surface area contributed by atoms with Gasteiger partial charge in [-0.3, -0.25) is 0 Å². The third-order valence-corrected chi connectivity index (χ3v) is 13.5. The van der Waals surface area contributed by atoms with Crippen LogP contribution in [0.2, 0.25) is 0 Å². The summed E-state index contributed by atoms with van der Waals surface area (Å²) in [5.41, 5.74) is 0. The van der Waals surface area contributed by atoms with E-state index in [1.807, 2.05) is 0 Å². The first-order chi connectivity index (χ1) is 28.4. The van der Waals surface area contributed by atoms with Crippen molar-refractivity contribution in [1.82, 2.24) is 0 Å². The second kappa shape index (κ2) is 55.7. The maximum Gasteiger partial charge on any atom is -0.0353 e. The van der Waals surface area contributed by atoms with Crippen molar-refractivity contribution in [2.24, 2.45) is 0 Å². The van der Waals surface area contributed by atoms with E-state index in [-0.39, 0.29) is 0 Å². The zero-order valence-corrected chi connectivity index (χ0v) is 40.5. The molecule has 0 fully saturated rings. The number of hydrogen-bond donors (Lipinski definition) is 0. The van der Waals surface area contributed by atoms with Gasteiger partial charge in [0.2, 0.25) is 0 Å². The van der Waals surface area contributed by atoms with Crippen LogP contribution < -0.4 is 0 Å². The lowest BCUT2D eigenvalue weighted by Crippen LogP contribution is -1.85. The van der Waals surface area contributed by atoms with Gasteiger partial charge in [0.25, 0.3) is 0 Å². The minimum atomic E-state index is 1.21. The lowest BCUT2D eigenvalue weighted by molar-refractivity contribution is 0.507. The molecule has 0 aliphatic rings. The Kier molecular flexibility index (Phi) is 55.5. The van der Waals surface area contributed by atoms with Gasteiger partial charge in [0, 0.05) is 0 Å². The molecule has 342 valence electrons. The maximum absolute atomic E-state index is 3.82. The molecule has 0 aliphatic carbocycles. The maximum atomic E-state index is 3.82. The summed E-state index contributed by atoms with van der Waals surface area (Å²) in [5.74, 6) is 0. The van der Waals surface area contributed by atoms with E-state index in [1.165, 1.54) is 347 Å². The van der Waals surface area contributed by atoms with Crippen LogP contribution in [0.4, 0.5) is 0 Å². The van der Waals surface area contributed by atoms with E-state index in [1.54, 1.807) is 0 Å². The topological polar surface area (TPSA) is 0 Å². The van der Waals surface area contributed by atoms with Crippen molar-refractivity contribution in [3.8, 4) is 0 Å². The van der Waals surface area contributed by atoms with E-state index in [2.05, 4.69) is 19.6 Å². The average Bonchev–Trinajstić information content (AvgIpc) is 3.22. The number of rotatable bonds is 54. The van der Waals surface area contributed by atoms with Crippen molar-refractivity contribution in [2.75, 3.05) is 0 Å². The molecule has 0 saturated carbocycles. The number of hydrogen-bond acceptors (Lipinski definition) is 0. The van der Waals surface area contributed by atoms with Gasteiger partial charge in [-0.05, 0) is 12.8 Å². The van der Waals surface area contributed by atoms with E-state index in [4.69, 9.17) is 0 Å². The quantitative estimate of drug-likeness (QED) is 0.0425. The van der Waals surface area contributed by atoms with Crippen LogP contribution in [0, 0.1) is 0 Å². The van der Waals surface area contributed by atoms with Crippen LogP contribution in [-0.2, 0) is 0 Å². The molecule has 0 aromatic heterocycles. The van der Waals surface area contributed by atoms with Crippen molar-refractivity contribution in [2.45, 2.75) is 354 Å². The van der Waals surface area contributed by atoms with Crippen LogP contribution in [0.25, 0.3) is 0 Å². The molecule has 0 amide bonds. The van der Waals surface area contributed by atoms with E-state index < -0.39 is 0 Å². The predicted molar refractivity (Wildman–Crippen MR) is 265 cm³/mol. The summed E-state index contributed by atoms with van der Waals surface area (Å²) in [6.07, 6.45) is 81.9. The van der Waals surface area contributed by atoms with Crippen molar-refractivity contribution >= 4 is 0 Å². The zero-order chi connectivity index (χ0) is 40.9. The molecule has 0 saturated heterocycles. The first-order valence-electron chi connectivity index (χ1n) is 28.0. The van der Waals surface area contributed by atoms with Crippen LogP contribution in [0.15, 0.2) is 12.7 Å². The molecule has 0 spiro atoms. The van der Waals surface area contributed by atoms with Gasteiger partial charge in [0.15, 0.2) is 0 Å². The van der Waals surface area contributed by atoms with Crippen LogP contribution in [0.1, 0.15) is 354 Å². The molecular formula is C57H114. The van der Waals surface area contributed by atoms with Gasteiger partial charge in [-0.2, -0.15) is 0 Å². The highest BCUT2D eigenvalue weighted by molar-refractivity contribution is 4.65. The Morgan fingerprint density at radius 3 is 0.386 bits per heavy atom. The first kappa shape index (κ1) is 56.7. The van der Waals surface area contributed by atoms with Crippen LogP contribution in [-0.4, -0.2) is 0 Å². The van der Waals surface area contributed by atoms with Crippen molar-refractivity contribution in [3.05, 3.63) is 12.7 Å². The Labute approximate surface area is 364 Å². The number of allylic oxidation sites excluding steroid dienone is 1. The molecule has 0 heterocycles. The fourth-order valence-corrected chi connectivity index (χ4v) is 9.38. The van der Waals surface area contributed by atoms with Gasteiger partial charge in [-0.1, -0.05) is 347 Å². The van der Waals surface area contributed by atoms with Crippen molar-refractivity contribution < 1.29 is 0 Å². The molecule has 0 aromatic carbocycles. The van der Waals surface area contributed by atoms with E-state index >= 15 is 0 Å². The lowest BCUT2D eigenvalue weighted by atomic mass is 10.0. The Hall–Kier alpha value is -0.260. The summed E-state index contributed by atoms with van der Waals surface area (Å²) in [5, 5.41) is 0. The van der Waals surface area contributed by atoms with E-state index in [9.17, 15) is 0 Å². The van der Waals surface area contributed by atoms with Gasteiger partial charge in [-0.25, -0.2) is 0 Å². The standard InChI is InChI=1S/C57H114/c1-3-5-7-9-11-13-15-17-19-21-23-25-27-29-31-33-35-37-39-41-43-45-47-49-51-53-55-57-56-54-52-50-48-46-44-42-40-38-36-34-32-30-28-26-24-22-20-18-16-14-12-10-8-6-4-2/h3H,1,4-57H2,2H3. The van der Waals surface area contributed by atoms with E-state index in [0.717, 1.165) is 0 Å². The SMILES string of the molecule is C=CCCCCCCCCCCCCCCCCCCCCCCCCCCCCCCCCCCCCCCCCCCCCCCCCCCCCCCC. The van der Waals surface area contributed by atoms with Gasteiger partial charge in [0.05, 0.1) is 0 Å². The molecule has 57 heavy (non-hydrogen) atoms. The molecule has 0 N–H and O–H groups in total. The largest absolute Gasteiger partial charge is 0.103 e. The summed E-state index contributed by atoms with van der Waals surface area (Å²) >= 11 is 0. The van der Waals surface area contributed by atoms with Crippen LogP contribution in [0.3, 0.4) is 0 Å². The summed E-state index contributed by atoms with van der Waals surface area (Å²) in [6.45, 7) is 6.13. The molecule has 0 nitrogen and oxygen atoms in total. The molecule has 0 rings (SSSR count). The Morgan fingerprint density at radius 2 is 0.281 bits per heavy atom. The van der Waals surface area contributed by atoms with Gasteiger partial charge < -0.3 is 0 Å². The summed E-state index contributed by atoms with van der Waals surface area (Å²) in [6, 6.07) is 0. The molecule has 0 aromatic rings. The Balaban J connectivity index is 3.05. The van der Waals surface area contributed by atoms with Gasteiger partial charge in [-0.15, -0.1) is 6.58 Å². The highest BCUT2D eigenvalue weighted by atomic mass is 14.1. The number of unbranched alkanes of at least 4 members (excludes halogenated alkanes) is 53. The van der Waals surface area contributed by atoms with Crippen LogP contribution >= 0.6 is 0 Å². The monoisotopic (exact) mass is 799 g/mol. The zero-order valence-electron chi connectivity index (χ0n) is 40.5. The fraction of sp³-hybridized carbons (Fsp3) is 0.965. The minimum absolute atomic E-state index is 1.21. The molecule has 0 bridgehead atoms. The average molecular weight is 800 g/mol. The minimum Gasteiger partial charge on any atom is -0.103 e. The predicted octanol–water partition coefficient (Wildman–Crippen LogP) is 22.3. The molecule has 0 unspecified atom stereocenters. The highest BCUT2D eigenvalue weighted by Gasteiger charge is 1.99.